The van der Waals surface area contributed by atoms with Crippen molar-refractivity contribution in [2.75, 3.05) is 32.8 Å². The van der Waals surface area contributed by atoms with Crippen molar-refractivity contribution < 1.29 is 14.3 Å². The standard InChI is InChI=1S/C29H41N3O3/c33-27(23-6-7-23)31-13-9-19(16-31)17-32-26(30-29(11-12-29)28(32)34)22-4-1-20(2-5-22)24-8-3-21-10-14-35-18-25(21)15-24/h3,19-20,22-25H,1-2,4-18H2/t19-,20?,22?,24?,25?/m1/s1. The summed E-state index contributed by atoms with van der Waals surface area (Å²) in [4.78, 5) is 35.3. The second-order valence-electron chi connectivity index (χ2n) is 12.8. The van der Waals surface area contributed by atoms with E-state index in [1.807, 2.05) is 0 Å². The second kappa shape index (κ2) is 8.71. The third kappa shape index (κ3) is 4.18. The van der Waals surface area contributed by atoms with Gasteiger partial charge in [-0.05, 0) is 94.8 Å². The summed E-state index contributed by atoms with van der Waals surface area (Å²) in [7, 11) is 0. The number of allylic oxidation sites excluding steroid dienone is 1. The molecule has 2 unspecified atom stereocenters. The first-order valence-electron chi connectivity index (χ1n) is 14.6. The minimum Gasteiger partial charge on any atom is -0.380 e. The highest BCUT2D eigenvalue weighted by Gasteiger charge is 2.58. The summed E-state index contributed by atoms with van der Waals surface area (Å²) < 4.78 is 5.78. The largest absolute Gasteiger partial charge is 0.380 e. The molecule has 0 aromatic rings. The third-order valence-electron chi connectivity index (χ3n) is 10.4. The number of amidine groups is 1. The van der Waals surface area contributed by atoms with Crippen LogP contribution in [0.25, 0.3) is 0 Å². The van der Waals surface area contributed by atoms with Gasteiger partial charge in [0.25, 0.3) is 5.91 Å². The van der Waals surface area contributed by atoms with Gasteiger partial charge in [-0.25, -0.2) is 0 Å². The van der Waals surface area contributed by atoms with E-state index in [1.165, 1.54) is 38.5 Å². The molecule has 4 aliphatic carbocycles. The molecular formula is C29H41N3O3. The normalized spacial score (nSPS) is 38.4. The number of carbonyl (C=O) groups excluding carboxylic acids is 2. The minimum atomic E-state index is -0.403. The lowest BCUT2D eigenvalue weighted by atomic mass is 9.68. The number of fused-ring (bicyclic) bond motifs is 1. The van der Waals surface area contributed by atoms with Crippen LogP contribution in [0.15, 0.2) is 16.6 Å². The fourth-order valence-electron chi connectivity index (χ4n) is 7.86. The molecule has 0 aromatic heterocycles. The van der Waals surface area contributed by atoms with Gasteiger partial charge in [-0.3, -0.25) is 19.5 Å². The molecule has 0 N–H and O–H groups in total. The molecule has 3 aliphatic heterocycles. The van der Waals surface area contributed by atoms with Gasteiger partial charge < -0.3 is 9.64 Å². The molecule has 0 radical (unpaired) electrons. The Kier molecular flexibility index (Phi) is 5.60. The molecule has 3 atom stereocenters. The van der Waals surface area contributed by atoms with Crippen LogP contribution in [0.1, 0.15) is 77.0 Å². The molecule has 3 heterocycles. The average Bonchev–Trinajstić information content (AvgIpc) is 3.82. The van der Waals surface area contributed by atoms with Crippen molar-refractivity contribution in [1.82, 2.24) is 9.80 Å². The summed E-state index contributed by atoms with van der Waals surface area (Å²) >= 11 is 0. The van der Waals surface area contributed by atoms with Crippen LogP contribution >= 0.6 is 0 Å². The van der Waals surface area contributed by atoms with E-state index in [0.29, 0.717) is 29.6 Å². The van der Waals surface area contributed by atoms with Crippen LogP contribution in [-0.2, 0) is 14.3 Å². The lowest BCUT2D eigenvalue weighted by molar-refractivity contribution is -0.131. The Morgan fingerprint density at radius 1 is 1.06 bits per heavy atom. The van der Waals surface area contributed by atoms with Gasteiger partial charge in [-0.15, -0.1) is 0 Å². The summed E-state index contributed by atoms with van der Waals surface area (Å²) in [5.74, 6) is 5.15. The molecule has 0 aromatic carbocycles. The van der Waals surface area contributed by atoms with Gasteiger partial charge in [-0.2, -0.15) is 0 Å². The first-order chi connectivity index (χ1) is 17.1. The summed E-state index contributed by atoms with van der Waals surface area (Å²) in [6.45, 7) is 4.30. The van der Waals surface area contributed by atoms with Crippen molar-refractivity contribution >= 4 is 17.6 Å². The van der Waals surface area contributed by atoms with Gasteiger partial charge in [0.2, 0.25) is 5.91 Å². The highest BCUT2D eigenvalue weighted by Crippen LogP contribution is 2.49. The number of aliphatic imine (C=N–C) groups is 1. The lowest BCUT2D eigenvalue weighted by Crippen LogP contribution is -2.43. The predicted molar refractivity (Wildman–Crippen MR) is 134 cm³/mol. The smallest absolute Gasteiger partial charge is 0.255 e. The van der Waals surface area contributed by atoms with Crippen molar-refractivity contribution in [3.8, 4) is 0 Å². The zero-order valence-corrected chi connectivity index (χ0v) is 21.1. The molecule has 6 nitrogen and oxygen atoms in total. The number of nitrogens with zero attached hydrogens (tertiary/aromatic N) is 3. The third-order valence-corrected chi connectivity index (χ3v) is 10.4. The van der Waals surface area contributed by atoms with Gasteiger partial charge in [-0.1, -0.05) is 11.6 Å². The summed E-state index contributed by atoms with van der Waals surface area (Å²) in [5.41, 5.74) is 1.26. The maximum atomic E-state index is 13.4. The minimum absolute atomic E-state index is 0.267. The molecule has 5 fully saturated rings. The van der Waals surface area contributed by atoms with Crippen molar-refractivity contribution in [2.24, 2.45) is 40.5 Å². The van der Waals surface area contributed by atoms with E-state index in [4.69, 9.17) is 9.73 Å². The van der Waals surface area contributed by atoms with Crippen LogP contribution in [0.5, 0.6) is 0 Å². The summed E-state index contributed by atoms with van der Waals surface area (Å²) in [6.07, 6.45) is 16.2. The summed E-state index contributed by atoms with van der Waals surface area (Å²) in [6, 6.07) is 0. The van der Waals surface area contributed by atoms with Crippen molar-refractivity contribution in [1.29, 1.82) is 0 Å². The van der Waals surface area contributed by atoms with Gasteiger partial charge in [0.15, 0.2) is 0 Å². The topological polar surface area (TPSA) is 62.2 Å². The molecule has 6 heteroatoms. The second-order valence-corrected chi connectivity index (χ2v) is 12.8. The quantitative estimate of drug-likeness (QED) is 0.556. The highest BCUT2D eigenvalue weighted by molar-refractivity contribution is 6.10. The van der Waals surface area contributed by atoms with Gasteiger partial charge in [0.05, 0.1) is 13.2 Å². The fraction of sp³-hybridized carbons (Fsp3) is 0.828. The Labute approximate surface area is 209 Å². The Hall–Kier alpha value is -1.69. The molecule has 3 saturated carbocycles. The van der Waals surface area contributed by atoms with Crippen LogP contribution in [0, 0.1) is 35.5 Å². The fourth-order valence-corrected chi connectivity index (χ4v) is 7.86. The Morgan fingerprint density at radius 2 is 1.89 bits per heavy atom. The Morgan fingerprint density at radius 3 is 2.66 bits per heavy atom. The number of amides is 2. The molecule has 7 rings (SSSR count). The van der Waals surface area contributed by atoms with E-state index >= 15 is 0 Å². The van der Waals surface area contributed by atoms with E-state index in [9.17, 15) is 9.59 Å². The van der Waals surface area contributed by atoms with Crippen molar-refractivity contribution in [2.45, 2.75) is 82.6 Å². The Balaban J connectivity index is 0.983. The predicted octanol–water partition coefficient (Wildman–Crippen LogP) is 4.20. The molecule has 190 valence electrons. The molecule has 1 spiro atoms. The molecule has 0 bridgehead atoms. The van der Waals surface area contributed by atoms with Crippen LogP contribution < -0.4 is 0 Å². The highest BCUT2D eigenvalue weighted by atomic mass is 16.5. The van der Waals surface area contributed by atoms with Gasteiger partial charge >= 0.3 is 0 Å². The first kappa shape index (κ1) is 22.5. The molecule has 2 amide bonds. The Bertz CT molecular complexity index is 941. The van der Waals surface area contributed by atoms with Crippen LogP contribution in [0.2, 0.25) is 0 Å². The molecule has 7 aliphatic rings. The molecule has 35 heavy (non-hydrogen) atoms. The maximum absolute atomic E-state index is 13.4. The maximum Gasteiger partial charge on any atom is 0.255 e. The summed E-state index contributed by atoms with van der Waals surface area (Å²) in [5, 5.41) is 0. The number of hydrogen-bond acceptors (Lipinski definition) is 4. The molecular weight excluding hydrogens is 438 g/mol. The SMILES string of the molecule is O=C(C1CC1)N1CC[C@@H](CN2C(=O)C3(CC3)N=C2C2CCC(C3CC=C4CCOCC4C3)CC2)C1. The number of hydrogen-bond donors (Lipinski definition) is 0. The zero-order valence-electron chi connectivity index (χ0n) is 21.1. The van der Waals surface area contributed by atoms with E-state index in [0.717, 1.165) is 89.0 Å². The van der Waals surface area contributed by atoms with Gasteiger partial charge in [0.1, 0.15) is 11.4 Å². The lowest BCUT2D eigenvalue weighted by Gasteiger charge is -2.40. The number of rotatable bonds is 5. The first-order valence-corrected chi connectivity index (χ1v) is 14.6. The monoisotopic (exact) mass is 479 g/mol. The average molecular weight is 480 g/mol. The van der Waals surface area contributed by atoms with Crippen molar-refractivity contribution in [3.05, 3.63) is 11.6 Å². The zero-order chi connectivity index (χ0) is 23.6. The van der Waals surface area contributed by atoms with E-state index in [-0.39, 0.29) is 5.91 Å². The number of carbonyl (C=O) groups is 2. The van der Waals surface area contributed by atoms with Crippen molar-refractivity contribution in [3.63, 3.8) is 0 Å². The van der Waals surface area contributed by atoms with Crippen LogP contribution in [0.4, 0.5) is 0 Å². The molecule has 2 saturated heterocycles. The van der Waals surface area contributed by atoms with Crippen LogP contribution in [-0.4, -0.2) is 65.8 Å². The van der Waals surface area contributed by atoms with E-state index < -0.39 is 5.54 Å². The van der Waals surface area contributed by atoms with E-state index in [1.54, 1.807) is 5.57 Å². The van der Waals surface area contributed by atoms with Crippen LogP contribution in [0.3, 0.4) is 0 Å². The van der Waals surface area contributed by atoms with Gasteiger partial charge in [0, 0.05) is 37.4 Å². The number of ether oxygens (including phenoxy) is 1. The number of likely N-dealkylation sites (tertiary alicyclic amines) is 1. The van der Waals surface area contributed by atoms with E-state index in [2.05, 4.69) is 15.9 Å².